The molecule has 1 aliphatic heterocycles. The van der Waals surface area contributed by atoms with Crippen LogP contribution in [0.15, 0.2) is 30.6 Å². The van der Waals surface area contributed by atoms with Gasteiger partial charge >= 0.3 is 0 Å². The van der Waals surface area contributed by atoms with Crippen LogP contribution in [0.4, 0.5) is 0 Å². The minimum absolute atomic E-state index is 0.0300. The lowest BCUT2D eigenvalue weighted by Crippen LogP contribution is -2.24. The highest BCUT2D eigenvalue weighted by atomic mass is 16.1. The van der Waals surface area contributed by atoms with E-state index in [1.807, 2.05) is 23.0 Å². The Bertz CT molecular complexity index is 696. The van der Waals surface area contributed by atoms with Crippen molar-refractivity contribution >= 4 is 5.91 Å². The minimum atomic E-state index is -0.0300. The average Bonchev–Trinajstić information content (AvgIpc) is 3.23. The maximum absolute atomic E-state index is 11.1. The zero-order valence-electron chi connectivity index (χ0n) is 14.4. The quantitative estimate of drug-likeness (QED) is 0.884. The number of aromatic nitrogens is 3. The van der Waals surface area contributed by atoms with Crippen molar-refractivity contribution in [2.45, 2.75) is 52.4 Å². The molecule has 3 heterocycles. The summed E-state index contributed by atoms with van der Waals surface area (Å²) in [5.74, 6) is -0.0300. The first-order valence-electron chi connectivity index (χ1n) is 8.61. The molecule has 2 aromatic rings. The number of hydrogen-bond acceptors (Lipinski definition) is 4. The molecule has 1 amide bonds. The van der Waals surface area contributed by atoms with Crippen molar-refractivity contribution in [1.82, 2.24) is 25.0 Å². The van der Waals surface area contributed by atoms with E-state index in [2.05, 4.69) is 34.5 Å². The highest BCUT2D eigenvalue weighted by molar-refractivity contribution is 5.72. The van der Waals surface area contributed by atoms with Crippen LogP contribution in [-0.2, 0) is 24.4 Å². The molecule has 1 N–H and O–H groups in total. The number of amides is 1. The van der Waals surface area contributed by atoms with Crippen LogP contribution in [0.5, 0.6) is 0 Å². The second kappa shape index (κ2) is 7.57. The van der Waals surface area contributed by atoms with Gasteiger partial charge in [0.15, 0.2) is 0 Å². The molecule has 0 bridgehead atoms. The first-order chi connectivity index (χ1) is 11.7. The number of rotatable bonds is 6. The first kappa shape index (κ1) is 16.6. The fourth-order valence-electron chi connectivity index (χ4n) is 3.24. The van der Waals surface area contributed by atoms with E-state index >= 15 is 0 Å². The zero-order valence-corrected chi connectivity index (χ0v) is 14.4. The molecule has 6 heteroatoms. The normalized spacial score (nSPS) is 18.0. The molecule has 0 unspecified atom stereocenters. The van der Waals surface area contributed by atoms with Crippen molar-refractivity contribution in [2.75, 3.05) is 6.54 Å². The lowest BCUT2D eigenvalue weighted by molar-refractivity contribution is -0.119. The van der Waals surface area contributed by atoms with Crippen LogP contribution in [-0.4, -0.2) is 32.1 Å². The van der Waals surface area contributed by atoms with Crippen LogP contribution < -0.4 is 5.32 Å². The zero-order chi connectivity index (χ0) is 16.9. The highest BCUT2D eigenvalue weighted by Crippen LogP contribution is 2.32. The second-order valence-corrected chi connectivity index (χ2v) is 6.30. The Hall–Kier alpha value is -2.21. The SMILES string of the molecule is CCn1cc(CN2CCC[C@@H]2c2cccc(CNC(C)=O)n2)cn1. The smallest absolute Gasteiger partial charge is 0.217 e. The number of nitrogens with zero attached hydrogens (tertiary/aromatic N) is 4. The third-order valence-electron chi connectivity index (χ3n) is 4.45. The Labute approximate surface area is 142 Å². The van der Waals surface area contributed by atoms with Gasteiger partial charge < -0.3 is 5.32 Å². The maximum Gasteiger partial charge on any atom is 0.217 e. The van der Waals surface area contributed by atoms with E-state index in [-0.39, 0.29) is 5.91 Å². The second-order valence-electron chi connectivity index (χ2n) is 6.30. The monoisotopic (exact) mass is 327 g/mol. The minimum Gasteiger partial charge on any atom is -0.351 e. The number of carbonyl (C=O) groups excluding carboxylic acids is 1. The van der Waals surface area contributed by atoms with Crippen LogP contribution in [0.3, 0.4) is 0 Å². The van der Waals surface area contributed by atoms with Gasteiger partial charge in [-0.15, -0.1) is 0 Å². The molecule has 0 aromatic carbocycles. The Morgan fingerprint density at radius 1 is 1.42 bits per heavy atom. The molecular weight excluding hydrogens is 302 g/mol. The van der Waals surface area contributed by atoms with Crippen molar-refractivity contribution < 1.29 is 4.79 Å². The molecule has 1 aliphatic rings. The van der Waals surface area contributed by atoms with Gasteiger partial charge in [-0.2, -0.15) is 5.10 Å². The first-order valence-corrected chi connectivity index (χ1v) is 8.61. The topological polar surface area (TPSA) is 63.0 Å². The fraction of sp³-hybridized carbons (Fsp3) is 0.500. The summed E-state index contributed by atoms with van der Waals surface area (Å²) in [4.78, 5) is 18.3. The van der Waals surface area contributed by atoms with Crippen molar-refractivity contribution in [3.8, 4) is 0 Å². The van der Waals surface area contributed by atoms with E-state index in [1.54, 1.807) is 0 Å². The summed E-state index contributed by atoms with van der Waals surface area (Å²) in [6, 6.07) is 6.43. The van der Waals surface area contributed by atoms with Crippen LogP contribution in [0.2, 0.25) is 0 Å². The van der Waals surface area contributed by atoms with E-state index in [0.717, 1.165) is 37.4 Å². The number of aryl methyl sites for hydroxylation is 1. The summed E-state index contributed by atoms with van der Waals surface area (Å²) >= 11 is 0. The van der Waals surface area contributed by atoms with Gasteiger partial charge in [0.1, 0.15) is 0 Å². The van der Waals surface area contributed by atoms with E-state index < -0.39 is 0 Å². The van der Waals surface area contributed by atoms with Crippen LogP contribution in [0, 0.1) is 0 Å². The van der Waals surface area contributed by atoms with Gasteiger partial charge in [0.25, 0.3) is 0 Å². The largest absolute Gasteiger partial charge is 0.351 e. The molecule has 1 atom stereocenters. The van der Waals surface area contributed by atoms with Crippen LogP contribution in [0.1, 0.15) is 49.7 Å². The molecule has 0 saturated carbocycles. The lowest BCUT2D eigenvalue weighted by atomic mass is 10.1. The predicted molar refractivity (Wildman–Crippen MR) is 92.0 cm³/mol. The van der Waals surface area contributed by atoms with Crippen molar-refractivity contribution in [1.29, 1.82) is 0 Å². The van der Waals surface area contributed by atoms with E-state index in [9.17, 15) is 4.79 Å². The average molecular weight is 327 g/mol. The molecule has 1 saturated heterocycles. The van der Waals surface area contributed by atoms with E-state index in [1.165, 1.54) is 18.9 Å². The molecule has 24 heavy (non-hydrogen) atoms. The lowest BCUT2D eigenvalue weighted by Gasteiger charge is -2.23. The Morgan fingerprint density at radius 3 is 3.04 bits per heavy atom. The van der Waals surface area contributed by atoms with Gasteiger partial charge in [0.05, 0.1) is 30.2 Å². The standard InChI is InChI=1S/C18H25N5O/c1-3-23-13-15(10-20-23)12-22-9-5-8-18(22)17-7-4-6-16(21-17)11-19-14(2)24/h4,6-7,10,13,18H,3,5,8-9,11-12H2,1-2H3,(H,19,24)/t18-/m1/s1. The molecule has 128 valence electrons. The van der Waals surface area contributed by atoms with Gasteiger partial charge in [-0.1, -0.05) is 6.07 Å². The maximum atomic E-state index is 11.1. The summed E-state index contributed by atoms with van der Waals surface area (Å²) in [5, 5.41) is 7.18. The van der Waals surface area contributed by atoms with Gasteiger partial charge in [0, 0.05) is 31.8 Å². The van der Waals surface area contributed by atoms with Gasteiger partial charge in [-0.25, -0.2) is 0 Å². The molecular formula is C18H25N5O. The molecule has 0 radical (unpaired) electrons. The Morgan fingerprint density at radius 2 is 2.29 bits per heavy atom. The number of hydrogen-bond donors (Lipinski definition) is 1. The summed E-state index contributed by atoms with van der Waals surface area (Å²) in [6.07, 6.45) is 6.39. The van der Waals surface area contributed by atoms with Gasteiger partial charge in [-0.05, 0) is 38.4 Å². The molecule has 0 aliphatic carbocycles. The Balaban J connectivity index is 1.70. The molecule has 2 aromatic heterocycles. The van der Waals surface area contributed by atoms with Gasteiger partial charge in [0.2, 0.25) is 5.91 Å². The van der Waals surface area contributed by atoms with Crippen molar-refractivity contribution in [2.24, 2.45) is 0 Å². The fourth-order valence-corrected chi connectivity index (χ4v) is 3.24. The number of nitrogens with one attached hydrogen (secondary N) is 1. The van der Waals surface area contributed by atoms with Crippen LogP contribution in [0.25, 0.3) is 0 Å². The summed E-state index contributed by atoms with van der Waals surface area (Å²) in [7, 11) is 0. The third kappa shape index (κ3) is 4.00. The number of pyridine rings is 1. The van der Waals surface area contributed by atoms with E-state index in [0.29, 0.717) is 12.6 Å². The van der Waals surface area contributed by atoms with Gasteiger partial charge in [-0.3, -0.25) is 19.4 Å². The predicted octanol–water partition coefficient (Wildman–Crippen LogP) is 2.27. The van der Waals surface area contributed by atoms with Crippen molar-refractivity contribution in [3.05, 3.63) is 47.5 Å². The molecule has 1 fully saturated rings. The van der Waals surface area contributed by atoms with Crippen molar-refractivity contribution in [3.63, 3.8) is 0 Å². The highest BCUT2D eigenvalue weighted by Gasteiger charge is 2.27. The van der Waals surface area contributed by atoms with E-state index in [4.69, 9.17) is 4.98 Å². The van der Waals surface area contributed by atoms with Crippen LogP contribution >= 0.6 is 0 Å². The Kier molecular flexibility index (Phi) is 5.25. The summed E-state index contributed by atoms with van der Waals surface area (Å²) < 4.78 is 1.96. The summed E-state index contributed by atoms with van der Waals surface area (Å²) in [5.41, 5.74) is 3.25. The molecule has 6 nitrogen and oxygen atoms in total. The number of likely N-dealkylation sites (tertiary alicyclic amines) is 1. The molecule has 0 spiro atoms. The summed E-state index contributed by atoms with van der Waals surface area (Å²) in [6.45, 7) is 7.00. The third-order valence-corrected chi connectivity index (χ3v) is 4.45. The molecule has 3 rings (SSSR count). The number of carbonyl (C=O) groups is 1.